The molecule has 2 aromatic heterocycles. The SMILES string of the molecule is COCCN(C)c1ccc(N2CCN(c3ccc(NC(=O)C(=O)c4c(-c5ccccc5)cc5n4C=CCC=C5)cc3)CC2)cn1. The highest BCUT2D eigenvalue weighted by molar-refractivity contribution is 6.47. The molecule has 45 heavy (non-hydrogen) atoms. The number of carbonyl (C=O) groups is 2. The molecule has 1 N–H and O–H groups in total. The molecule has 230 valence electrons. The molecule has 9 heteroatoms. The number of hydrogen-bond donors (Lipinski definition) is 1. The van der Waals surface area contributed by atoms with E-state index in [0.717, 1.165) is 73.2 Å². The van der Waals surface area contributed by atoms with Crippen LogP contribution in [0.4, 0.5) is 22.9 Å². The number of allylic oxidation sites excluding steroid dienone is 2. The zero-order chi connectivity index (χ0) is 31.2. The summed E-state index contributed by atoms with van der Waals surface area (Å²) < 4.78 is 6.97. The van der Waals surface area contributed by atoms with Crippen molar-refractivity contribution in [2.24, 2.45) is 0 Å². The predicted molar refractivity (Wildman–Crippen MR) is 182 cm³/mol. The minimum atomic E-state index is -0.666. The molecule has 2 aliphatic heterocycles. The van der Waals surface area contributed by atoms with Crippen LogP contribution in [0.1, 0.15) is 22.6 Å². The second-order valence-corrected chi connectivity index (χ2v) is 11.2. The number of amides is 1. The average molecular weight is 603 g/mol. The van der Waals surface area contributed by atoms with Gasteiger partial charge in [0.1, 0.15) is 11.5 Å². The number of pyridine rings is 1. The van der Waals surface area contributed by atoms with Crippen molar-refractivity contribution >= 4 is 46.8 Å². The third-order valence-electron chi connectivity index (χ3n) is 8.28. The first-order valence-corrected chi connectivity index (χ1v) is 15.3. The number of nitrogens with one attached hydrogen (secondary N) is 1. The van der Waals surface area contributed by atoms with Gasteiger partial charge in [0.2, 0.25) is 0 Å². The molecule has 2 aromatic carbocycles. The minimum absolute atomic E-state index is 0.356. The van der Waals surface area contributed by atoms with Gasteiger partial charge >= 0.3 is 0 Å². The first kappa shape index (κ1) is 29.9. The third kappa shape index (κ3) is 6.68. The van der Waals surface area contributed by atoms with Crippen molar-refractivity contribution in [3.05, 3.63) is 103 Å². The standard InChI is InChI=1S/C36H38N6O3/c1-39(23-24-45-2)33-17-16-31(26-37-33)41-21-19-40(20-22-41)29-14-12-28(13-15-29)38-36(44)35(43)34-32(27-9-5-3-6-10-27)25-30-11-7-4-8-18-42(30)34/h3,5-18,25-26H,4,19-24H2,1-2H3,(H,38,44). The Hall–Kier alpha value is -5.15. The molecular weight excluding hydrogens is 564 g/mol. The van der Waals surface area contributed by atoms with E-state index in [-0.39, 0.29) is 0 Å². The molecule has 0 saturated carbocycles. The topological polar surface area (TPSA) is 82.9 Å². The number of anilines is 4. The van der Waals surface area contributed by atoms with Gasteiger partial charge in [0.15, 0.2) is 0 Å². The quantitative estimate of drug-likeness (QED) is 0.185. The van der Waals surface area contributed by atoms with Gasteiger partial charge in [-0.3, -0.25) is 9.59 Å². The van der Waals surface area contributed by atoms with Crippen molar-refractivity contribution in [3.8, 4) is 11.1 Å². The molecule has 2 aliphatic rings. The highest BCUT2D eigenvalue weighted by atomic mass is 16.5. The molecule has 0 spiro atoms. The lowest BCUT2D eigenvalue weighted by atomic mass is 10.0. The monoisotopic (exact) mass is 602 g/mol. The Morgan fingerprint density at radius 3 is 2.31 bits per heavy atom. The number of methoxy groups -OCH3 is 1. The largest absolute Gasteiger partial charge is 0.383 e. The van der Waals surface area contributed by atoms with Gasteiger partial charge in [-0.1, -0.05) is 42.5 Å². The molecule has 4 aromatic rings. The molecule has 1 amide bonds. The Morgan fingerprint density at radius 2 is 1.62 bits per heavy atom. The molecule has 6 rings (SSSR count). The maximum atomic E-state index is 13.6. The Kier molecular flexibility index (Phi) is 9.07. The Bertz CT molecular complexity index is 1690. The van der Waals surface area contributed by atoms with E-state index in [0.29, 0.717) is 18.0 Å². The van der Waals surface area contributed by atoms with Crippen LogP contribution in [0, 0.1) is 0 Å². The summed E-state index contributed by atoms with van der Waals surface area (Å²) in [6.45, 7) is 4.94. The van der Waals surface area contributed by atoms with Crippen molar-refractivity contribution < 1.29 is 14.3 Å². The van der Waals surface area contributed by atoms with Gasteiger partial charge in [0, 0.05) is 75.7 Å². The molecule has 4 heterocycles. The number of ether oxygens (including phenoxy) is 1. The summed E-state index contributed by atoms with van der Waals surface area (Å²) in [4.78, 5) is 38.3. The number of hydrogen-bond acceptors (Lipinski definition) is 7. The van der Waals surface area contributed by atoms with Crippen LogP contribution >= 0.6 is 0 Å². The van der Waals surface area contributed by atoms with Crippen molar-refractivity contribution in [1.29, 1.82) is 0 Å². The Balaban J connectivity index is 1.09. The zero-order valence-electron chi connectivity index (χ0n) is 25.7. The van der Waals surface area contributed by atoms with E-state index < -0.39 is 11.7 Å². The van der Waals surface area contributed by atoms with E-state index in [4.69, 9.17) is 4.74 Å². The number of rotatable bonds is 10. The second-order valence-electron chi connectivity index (χ2n) is 11.2. The van der Waals surface area contributed by atoms with Crippen molar-refractivity contribution in [3.63, 3.8) is 0 Å². The number of aromatic nitrogens is 2. The van der Waals surface area contributed by atoms with Crippen LogP contribution in [-0.4, -0.2) is 74.7 Å². The lowest BCUT2D eigenvalue weighted by Crippen LogP contribution is -2.46. The number of carbonyl (C=O) groups excluding carboxylic acids is 2. The van der Waals surface area contributed by atoms with E-state index in [1.54, 1.807) is 7.11 Å². The molecule has 0 unspecified atom stereocenters. The number of likely N-dealkylation sites (N-methyl/N-ethyl adjacent to an activating group) is 1. The van der Waals surface area contributed by atoms with E-state index >= 15 is 0 Å². The lowest BCUT2D eigenvalue weighted by Gasteiger charge is -2.37. The molecule has 0 bridgehead atoms. The summed E-state index contributed by atoms with van der Waals surface area (Å²) in [6.07, 6.45) is 10.6. The number of piperazine rings is 1. The maximum Gasteiger partial charge on any atom is 0.298 e. The van der Waals surface area contributed by atoms with Crippen LogP contribution in [0.2, 0.25) is 0 Å². The summed E-state index contributed by atoms with van der Waals surface area (Å²) in [6, 6.07) is 23.5. The van der Waals surface area contributed by atoms with Gasteiger partial charge < -0.3 is 29.3 Å². The maximum absolute atomic E-state index is 13.6. The summed E-state index contributed by atoms with van der Waals surface area (Å²) in [5.74, 6) is -0.317. The molecule has 0 radical (unpaired) electrons. The Morgan fingerprint density at radius 1 is 0.911 bits per heavy atom. The molecule has 1 saturated heterocycles. The number of ketones is 1. The minimum Gasteiger partial charge on any atom is -0.383 e. The molecular formula is C36H38N6O3. The van der Waals surface area contributed by atoms with Crippen molar-refractivity contribution in [2.45, 2.75) is 6.42 Å². The summed E-state index contributed by atoms with van der Waals surface area (Å²) >= 11 is 0. The molecule has 0 atom stereocenters. The van der Waals surface area contributed by atoms with Gasteiger partial charge in [-0.25, -0.2) is 4.98 Å². The number of fused-ring (bicyclic) bond motifs is 1. The van der Waals surface area contributed by atoms with E-state index in [1.807, 2.05) is 103 Å². The number of benzene rings is 2. The van der Waals surface area contributed by atoms with Gasteiger partial charge in [-0.05, 0) is 60.5 Å². The van der Waals surface area contributed by atoms with Crippen LogP contribution < -0.4 is 20.0 Å². The normalized spacial score (nSPS) is 14.2. The fourth-order valence-electron chi connectivity index (χ4n) is 5.74. The van der Waals surface area contributed by atoms with Gasteiger partial charge in [-0.2, -0.15) is 0 Å². The fourth-order valence-corrected chi connectivity index (χ4v) is 5.74. The molecule has 1 fully saturated rings. The number of nitrogens with zero attached hydrogens (tertiary/aromatic N) is 5. The van der Waals surface area contributed by atoms with Crippen LogP contribution in [0.15, 0.2) is 91.1 Å². The molecule has 9 nitrogen and oxygen atoms in total. The highest BCUT2D eigenvalue weighted by Gasteiger charge is 2.27. The van der Waals surface area contributed by atoms with Crippen LogP contribution in [0.5, 0.6) is 0 Å². The van der Waals surface area contributed by atoms with Crippen LogP contribution in [0.25, 0.3) is 23.4 Å². The van der Waals surface area contributed by atoms with Gasteiger partial charge in [-0.15, -0.1) is 0 Å². The summed E-state index contributed by atoms with van der Waals surface area (Å²) in [7, 11) is 3.72. The first-order valence-electron chi connectivity index (χ1n) is 15.3. The number of Topliss-reactive ketones (excluding diaryl/α,β-unsaturated/α-hetero) is 1. The van der Waals surface area contributed by atoms with E-state index in [1.165, 1.54) is 0 Å². The summed E-state index contributed by atoms with van der Waals surface area (Å²) in [5.41, 5.74) is 5.61. The second kappa shape index (κ2) is 13.7. The van der Waals surface area contributed by atoms with Crippen molar-refractivity contribution in [1.82, 2.24) is 9.55 Å². The van der Waals surface area contributed by atoms with Gasteiger partial charge in [0.05, 0.1) is 18.5 Å². The zero-order valence-corrected chi connectivity index (χ0v) is 25.7. The Labute approximate surface area is 264 Å². The van der Waals surface area contributed by atoms with Crippen LogP contribution in [0.3, 0.4) is 0 Å². The average Bonchev–Trinajstić information content (AvgIpc) is 3.29. The molecule has 0 aliphatic carbocycles. The highest BCUT2D eigenvalue weighted by Crippen LogP contribution is 2.31. The summed E-state index contributed by atoms with van der Waals surface area (Å²) in [5, 5.41) is 2.83. The van der Waals surface area contributed by atoms with Crippen LogP contribution in [-0.2, 0) is 9.53 Å². The first-order chi connectivity index (χ1) is 22.0. The lowest BCUT2D eigenvalue weighted by molar-refractivity contribution is -0.112. The van der Waals surface area contributed by atoms with E-state index in [9.17, 15) is 9.59 Å². The van der Waals surface area contributed by atoms with Crippen molar-refractivity contribution in [2.75, 3.05) is 73.5 Å². The third-order valence-corrected chi connectivity index (χ3v) is 8.28. The van der Waals surface area contributed by atoms with Gasteiger partial charge in [0.25, 0.3) is 11.7 Å². The smallest absolute Gasteiger partial charge is 0.298 e. The van der Waals surface area contributed by atoms with E-state index in [2.05, 4.69) is 37.1 Å². The fraction of sp³-hybridized carbons (Fsp3) is 0.250. The predicted octanol–water partition coefficient (Wildman–Crippen LogP) is 5.67.